The van der Waals surface area contributed by atoms with Gasteiger partial charge in [-0.05, 0) is 38.1 Å². The molecule has 3 aromatic rings. The molecule has 0 saturated heterocycles. The van der Waals surface area contributed by atoms with Crippen LogP contribution in [0.3, 0.4) is 0 Å². The summed E-state index contributed by atoms with van der Waals surface area (Å²) >= 11 is 5.88. The molecule has 0 aliphatic rings. The zero-order chi connectivity index (χ0) is 25.2. The standard InChI is InChI=1S/C22H17ClF5N3O3/c1-10-18(9-32)29-8-17(30-10)12-7-19(34-11(2)22(26,27)28)13(6-16(12)25)21(33)31-20-14(23)4-3-5-15(20)24/h3-8,11,32H,9H2,1-2H3,(H,31,33)/t11-/m0/s1. The molecular weight excluding hydrogens is 485 g/mol. The number of amides is 1. The fraction of sp³-hybridized carbons (Fsp3) is 0.227. The van der Waals surface area contributed by atoms with E-state index in [1.165, 1.54) is 19.1 Å². The Balaban J connectivity index is 2.10. The van der Waals surface area contributed by atoms with Crippen molar-refractivity contribution < 1.29 is 36.6 Å². The molecule has 12 heteroatoms. The van der Waals surface area contributed by atoms with Crippen molar-refractivity contribution in [1.29, 1.82) is 0 Å². The highest BCUT2D eigenvalue weighted by Gasteiger charge is 2.39. The Hall–Kier alpha value is -3.31. The molecule has 1 aromatic heterocycles. The van der Waals surface area contributed by atoms with E-state index in [4.69, 9.17) is 16.3 Å². The van der Waals surface area contributed by atoms with Gasteiger partial charge in [-0.25, -0.2) is 13.8 Å². The number of hydrogen-bond acceptors (Lipinski definition) is 5. The van der Waals surface area contributed by atoms with Gasteiger partial charge in [-0.2, -0.15) is 13.2 Å². The number of aryl methyl sites for hydroxylation is 1. The van der Waals surface area contributed by atoms with Gasteiger partial charge in [-0.1, -0.05) is 17.7 Å². The molecule has 0 aliphatic heterocycles. The van der Waals surface area contributed by atoms with Gasteiger partial charge in [0.2, 0.25) is 0 Å². The van der Waals surface area contributed by atoms with E-state index in [0.29, 0.717) is 13.0 Å². The maximum absolute atomic E-state index is 15.0. The predicted octanol–water partition coefficient (Wildman–Crippen LogP) is 5.46. The van der Waals surface area contributed by atoms with Gasteiger partial charge in [0.15, 0.2) is 6.10 Å². The Bertz CT molecular complexity index is 1220. The second-order valence-electron chi connectivity index (χ2n) is 7.13. The summed E-state index contributed by atoms with van der Waals surface area (Å²) in [4.78, 5) is 20.8. The number of nitrogens with one attached hydrogen (secondary N) is 1. The number of aromatic nitrogens is 2. The molecule has 2 N–H and O–H groups in total. The highest BCUT2D eigenvalue weighted by atomic mass is 35.5. The number of rotatable bonds is 6. The first-order valence-electron chi connectivity index (χ1n) is 9.68. The Morgan fingerprint density at radius 1 is 1.24 bits per heavy atom. The van der Waals surface area contributed by atoms with Crippen LogP contribution in [0.15, 0.2) is 36.5 Å². The van der Waals surface area contributed by atoms with Gasteiger partial charge in [-0.3, -0.25) is 9.78 Å². The number of anilines is 1. The Labute approximate surface area is 195 Å². The lowest BCUT2D eigenvalue weighted by molar-refractivity contribution is -0.189. The average Bonchev–Trinajstić information content (AvgIpc) is 2.76. The van der Waals surface area contributed by atoms with Crippen molar-refractivity contribution in [2.45, 2.75) is 32.7 Å². The summed E-state index contributed by atoms with van der Waals surface area (Å²) in [5, 5.41) is 11.2. The van der Waals surface area contributed by atoms with Crippen LogP contribution in [-0.2, 0) is 6.61 Å². The summed E-state index contributed by atoms with van der Waals surface area (Å²) in [5.41, 5.74) is -0.945. The molecule has 2 aromatic carbocycles. The van der Waals surface area contributed by atoms with Crippen molar-refractivity contribution in [3.63, 3.8) is 0 Å². The molecule has 0 radical (unpaired) electrons. The van der Waals surface area contributed by atoms with Gasteiger partial charge in [0.25, 0.3) is 5.91 Å². The summed E-state index contributed by atoms with van der Waals surface area (Å²) in [5.74, 6) is -3.71. The SMILES string of the molecule is Cc1nc(-c2cc(O[C@@H](C)C(F)(F)F)c(C(=O)Nc3c(F)cccc3Cl)cc2F)cnc1CO. The summed E-state index contributed by atoms with van der Waals surface area (Å²) in [6, 6.07) is 5.09. The minimum absolute atomic E-state index is 0.0687. The summed E-state index contributed by atoms with van der Waals surface area (Å²) in [6.45, 7) is 1.79. The van der Waals surface area contributed by atoms with E-state index < -0.39 is 53.4 Å². The highest BCUT2D eigenvalue weighted by molar-refractivity contribution is 6.34. The Kier molecular flexibility index (Phi) is 7.37. The lowest BCUT2D eigenvalue weighted by Crippen LogP contribution is -2.32. The van der Waals surface area contributed by atoms with Crippen LogP contribution in [0.4, 0.5) is 27.6 Å². The predicted molar refractivity (Wildman–Crippen MR) is 114 cm³/mol. The third-order valence-electron chi connectivity index (χ3n) is 4.75. The highest BCUT2D eigenvalue weighted by Crippen LogP contribution is 2.34. The molecule has 0 aliphatic carbocycles. The number of carbonyl (C=O) groups excluding carboxylic acids is 1. The smallest absolute Gasteiger partial charge is 0.425 e. The van der Waals surface area contributed by atoms with Gasteiger partial charge in [0.1, 0.15) is 17.4 Å². The lowest BCUT2D eigenvalue weighted by Gasteiger charge is -2.21. The topological polar surface area (TPSA) is 84.3 Å². The number of benzene rings is 2. The molecule has 0 bridgehead atoms. The van der Waals surface area contributed by atoms with E-state index in [0.717, 1.165) is 18.3 Å². The van der Waals surface area contributed by atoms with E-state index in [1.54, 1.807) is 0 Å². The van der Waals surface area contributed by atoms with Crippen LogP contribution in [0, 0.1) is 18.6 Å². The minimum Gasteiger partial charge on any atom is -0.480 e. The van der Waals surface area contributed by atoms with Crippen LogP contribution in [0.25, 0.3) is 11.3 Å². The number of alkyl halides is 3. The fourth-order valence-corrected chi connectivity index (χ4v) is 3.08. The van der Waals surface area contributed by atoms with Crippen LogP contribution in [0.1, 0.15) is 28.7 Å². The molecule has 0 saturated carbocycles. The third-order valence-corrected chi connectivity index (χ3v) is 5.07. The number of ether oxygens (including phenoxy) is 1. The Morgan fingerprint density at radius 3 is 2.53 bits per heavy atom. The zero-order valence-electron chi connectivity index (χ0n) is 17.7. The maximum Gasteiger partial charge on any atom is 0.425 e. The largest absolute Gasteiger partial charge is 0.480 e. The first-order valence-corrected chi connectivity index (χ1v) is 10.1. The average molecular weight is 502 g/mol. The summed E-state index contributed by atoms with van der Waals surface area (Å²) in [6.07, 6.45) is -6.04. The normalized spacial score (nSPS) is 12.4. The quantitative estimate of drug-likeness (QED) is 0.438. The molecule has 1 atom stereocenters. The van der Waals surface area contributed by atoms with Crippen LogP contribution in [0.2, 0.25) is 5.02 Å². The number of aliphatic hydroxyl groups excluding tert-OH is 1. The molecule has 1 heterocycles. The van der Waals surface area contributed by atoms with Crippen molar-refractivity contribution in [2.24, 2.45) is 0 Å². The van der Waals surface area contributed by atoms with E-state index in [-0.39, 0.29) is 27.7 Å². The summed E-state index contributed by atoms with van der Waals surface area (Å²) in [7, 11) is 0. The molecule has 1 amide bonds. The number of hydrogen-bond donors (Lipinski definition) is 2. The summed E-state index contributed by atoms with van der Waals surface area (Å²) < 4.78 is 73.4. The van der Waals surface area contributed by atoms with Crippen molar-refractivity contribution in [3.05, 3.63) is 70.1 Å². The molecule has 0 unspecified atom stereocenters. The molecule has 180 valence electrons. The van der Waals surface area contributed by atoms with Gasteiger partial charge < -0.3 is 15.2 Å². The zero-order valence-corrected chi connectivity index (χ0v) is 18.4. The second kappa shape index (κ2) is 9.90. The molecule has 34 heavy (non-hydrogen) atoms. The van der Waals surface area contributed by atoms with Crippen LogP contribution < -0.4 is 10.1 Å². The number of aliphatic hydroxyl groups is 1. The van der Waals surface area contributed by atoms with Crippen LogP contribution >= 0.6 is 11.6 Å². The van der Waals surface area contributed by atoms with Crippen LogP contribution in [0.5, 0.6) is 5.75 Å². The Morgan fingerprint density at radius 2 is 1.94 bits per heavy atom. The lowest BCUT2D eigenvalue weighted by atomic mass is 10.1. The first-order chi connectivity index (χ1) is 15.9. The first kappa shape index (κ1) is 25.3. The number of para-hydroxylation sites is 1. The second-order valence-corrected chi connectivity index (χ2v) is 7.53. The van der Waals surface area contributed by atoms with Crippen molar-refractivity contribution >= 4 is 23.2 Å². The number of nitrogens with zero attached hydrogens (tertiary/aromatic N) is 2. The van der Waals surface area contributed by atoms with E-state index in [1.807, 2.05) is 0 Å². The minimum atomic E-state index is -4.80. The number of carbonyl (C=O) groups is 1. The molecule has 3 rings (SSSR count). The van der Waals surface area contributed by atoms with E-state index in [9.17, 15) is 31.9 Å². The van der Waals surface area contributed by atoms with Gasteiger partial charge in [0.05, 0.1) is 46.2 Å². The van der Waals surface area contributed by atoms with E-state index >= 15 is 0 Å². The van der Waals surface area contributed by atoms with Crippen LogP contribution in [-0.4, -0.2) is 33.3 Å². The molecule has 0 fully saturated rings. The van der Waals surface area contributed by atoms with Crippen molar-refractivity contribution in [3.8, 4) is 17.0 Å². The van der Waals surface area contributed by atoms with Crippen molar-refractivity contribution in [1.82, 2.24) is 9.97 Å². The van der Waals surface area contributed by atoms with E-state index in [2.05, 4.69) is 15.3 Å². The molecular formula is C22H17ClF5N3O3. The van der Waals surface area contributed by atoms with Crippen molar-refractivity contribution in [2.75, 3.05) is 5.32 Å². The monoisotopic (exact) mass is 501 g/mol. The molecule has 0 spiro atoms. The maximum atomic E-state index is 15.0. The fourth-order valence-electron chi connectivity index (χ4n) is 2.87. The van der Waals surface area contributed by atoms with Gasteiger partial charge >= 0.3 is 6.18 Å². The molecule has 6 nitrogen and oxygen atoms in total. The van der Waals surface area contributed by atoms with Gasteiger partial charge in [-0.15, -0.1) is 0 Å². The van der Waals surface area contributed by atoms with Gasteiger partial charge in [0, 0.05) is 5.56 Å². The number of halogens is 6. The third kappa shape index (κ3) is 5.42.